The number of aryl methyl sites for hydroxylation is 1. The predicted molar refractivity (Wildman–Crippen MR) is 40.5 cm³/mol. The minimum absolute atomic E-state index is 0.152. The third kappa shape index (κ3) is 1.44. The van der Waals surface area contributed by atoms with E-state index in [-0.39, 0.29) is 5.95 Å². The lowest BCUT2D eigenvalue weighted by atomic mass is 10.2. The summed E-state index contributed by atoms with van der Waals surface area (Å²) < 4.78 is 0. The molecule has 0 amide bonds. The number of aromatic nitrogens is 2. The highest BCUT2D eigenvalue weighted by molar-refractivity contribution is 5.33. The van der Waals surface area contributed by atoms with Gasteiger partial charge in [0.15, 0.2) is 0 Å². The van der Waals surface area contributed by atoms with Gasteiger partial charge in [-0.2, -0.15) is 5.26 Å². The van der Waals surface area contributed by atoms with Gasteiger partial charge >= 0.3 is 0 Å². The summed E-state index contributed by atoms with van der Waals surface area (Å²) in [4.78, 5) is 7.54. The SMILES string of the molecule is CCc1cnc(N)nc1C#N. The van der Waals surface area contributed by atoms with E-state index in [1.165, 1.54) is 0 Å². The number of nitrogens with two attached hydrogens (primary N) is 1. The van der Waals surface area contributed by atoms with Crippen molar-refractivity contribution in [3.8, 4) is 6.07 Å². The molecule has 0 fully saturated rings. The number of nitrogen functional groups attached to an aromatic ring is 1. The zero-order valence-electron chi connectivity index (χ0n) is 6.20. The topological polar surface area (TPSA) is 75.6 Å². The first-order valence-electron chi connectivity index (χ1n) is 3.29. The molecule has 0 saturated carbocycles. The number of nitriles is 1. The summed E-state index contributed by atoms with van der Waals surface area (Å²) >= 11 is 0. The third-order valence-electron chi connectivity index (χ3n) is 1.37. The van der Waals surface area contributed by atoms with Crippen LogP contribution < -0.4 is 5.73 Å². The molecule has 0 aliphatic rings. The van der Waals surface area contributed by atoms with Gasteiger partial charge in [0.1, 0.15) is 11.8 Å². The fourth-order valence-electron chi connectivity index (χ4n) is 0.776. The lowest BCUT2D eigenvalue weighted by molar-refractivity contribution is 1.03. The molecule has 4 nitrogen and oxygen atoms in total. The van der Waals surface area contributed by atoms with Crippen LogP contribution in [0.2, 0.25) is 0 Å². The number of hydrogen-bond donors (Lipinski definition) is 1. The van der Waals surface area contributed by atoms with Crippen LogP contribution in [-0.4, -0.2) is 9.97 Å². The number of anilines is 1. The Kier molecular flexibility index (Phi) is 2.02. The van der Waals surface area contributed by atoms with Crippen molar-refractivity contribution in [3.63, 3.8) is 0 Å². The summed E-state index contributed by atoms with van der Waals surface area (Å²) in [6.45, 7) is 1.94. The van der Waals surface area contributed by atoms with Gasteiger partial charge in [-0.15, -0.1) is 0 Å². The molecule has 0 unspecified atom stereocenters. The smallest absolute Gasteiger partial charge is 0.221 e. The van der Waals surface area contributed by atoms with Crippen LogP contribution in [-0.2, 0) is 6.42 Å². The largest absolute Gasteiger partial charge is 0.368 e. The molecule has 0 radical (unpaired) electrons. The molecule has 1 aromatic rings. The van der Waals surface area contributed by atoms with Crippen LogP contribution in [0.4, 0.5) is 5.95 Å². The Balaban J connectivity index is 3.19. The summed E-state index contributed by atoms with van der Waals surface area (Å²) in [5, 5.41) is 8.58. The Morgan fingerprint density at radius 2 is 2.45 bits per heavy atom. The van der Waals surface area contributed by atoms with Crippen LogP contribution >= 0.6 is 0 Å². The van der Waals surface area contributed by atoms with Gasteiger partial charge in [0, 0.05) is 11.8 Å². The van der Waals surface area contributed by atoms with E-state index >= 15 is 0 Å². The van der Waals surface area contributed by atoms with Gasteiger partial charge in [-0.3, -0.25) is 0 Å². The number of nitrogens with zero attached hydrogens (tertiary/aromatic N) is 3. The van der Waals surface area contributed by atoms with Gasteiger partial charge in [-0.05, 0) is 6.42 Å². The minimum atomic E-state index is 0.152. The Bertz CT molecular complexity index is 300. The van der Waals surface area contributed by atoms with Crippen LogP contribution in [0.25, 0.3) is 0 Å². The van der Waals surface area contributed by atoms with Gasteiger partial charge in [0.05, 0.1) is 0 Å². The molecule has 1 heterocycles. The first kappa shape index (κ1) is 7.48. The molecule has 2 N–H and O–H groups in total. The monoisotopic (exact) mass is 148 g/mol. The van der Waals surface area contributed by atoms with E-state index in [2.05, 4.69) is 9.97 Å². The van der Waals surface area contributed by atoms with Crippen molar-refractivity contribution in [3.05, 3.63) is 17.5 Å². The fourth-order valence-corrected chi connectivity index (χ4v) is 0.776. The maximum absolute atomic E-state index is 8.58. The summed E-state index contributed by atoms with van der Waals surface area (Å²) in [7, 11) is 0. The highest BCUT2D eigenvalue weighted by Gasteiger charge is 2.01. The van der Waals surface area contributed by atoms with E-state index in [0.29, 0.717) is 5.69 Å². The second-order valence-corrected chi connectivity index (χ2v) is 2.07. The van der Waals surface area contributed by atoms with Crippen LogP contribution in [0.3, 0.4) is 0 Å². The normalized spacial score (nSPS) is 9.09. The predicted octanol–water partition coefficient (Wildman–Crippen LogP) is 0.493. The highest BCUT2D eigenvalue weighted by Crippen LogP contribution is 2.04. The number of hydrogen-bond acceptors (Lipinski definition) is 4. The summed E-state index contributed by atoms with van der Waals surface area (Å²) in [5.74, 6) is 0.152. The minimum Gasteiger partial charge on any atom is -0.368 e. The molecular weight excluding hydrogens is 140 g/mol. The molecule has 0 atom stereocenters. The van der Waals surface area contributed by atoms with E-state index in [1.54, 1.807) is 6.20 Å². The Morgan fingerprint density at radius 3 is 3.00 bits per heavy atom. The second-order valence-electron chi connectivity index (χ2n) is 2.07. The molecule has 0 aromatic carbocycles. The molecule has 0 aliphatic heterocycles. The molecule has 4 heteroatoms. The van der Waals surface area contributed by atoms with Crippen molar-refractivity contribution in [1.82, 2.24) is 9.97 Å². The Morgan fingerprint density at radius 1 is 1.73 bits per heavy atom. The maximum Gasteiger partial charge on any atom is 0.221 e. The van der Waals surface area contributed by atoms with Crippen LogP contribution in [0.1, 0.15) is 18.2 Å². The average Bonchev–Trinajstić information content (AvgIpc) is 2.04. The number of rotatable bonds is 1. The van der Waals surface area contributed by atoms with Crippen LogP contribution in [0.15, 0.2) is 6.20 Å². The molecule has 1 rings (SSSR count). The molecule has 11 heavy (non-hydrogen) atoms. The standard InChI is InChI=1S/C7H8N4/c1-2-5-4-10-7(9)11-6(5)3-8/h4H,2H2,1H3,(H2,9,10,11). The Hall–Kier alpha value is -1.63. The molecule has 0 bridgehead atoms. The second kappa shape index (κ2) is 2.97. The molecule has 0 spiro atoms. The zero-order valence-corrected chi connectivity index (χ0v) is 6.20. The van der Waals surface area contributed by atoms with Gasteiger partial charge < -0.3 is 5.73 Å². The first-order chi connectivity index (χ1) is 5.27. The van der Waals surface area contributed by atoms with Crippen molar-refractivity contribution in [1.29, 1.82) is 5.26 Å². The van der Waals surface area contributed by atoms with Gasteiger partial charge in [0.2, 0.25) is 5.95 Å². The quantitative estimate of drug-likeness (QED) is 0.629. The first-order valence-corrected chi connectivity index (χ1v) is 3.29. The third-order valence-corrected chi connectivity index (χ3v) is 1.37. The van der Waals surface area contributed by atoms with Crippen molar-refractivity contribution in [2.24, 2.45) is 0 Å². The lowest BCUT2D eigenvalue weighted by Gasteiger charge is -1.97. The van der Waals surface area contributed by atoms with Crippen molar-refractivity contribution in [2.75, 3.05) is 5.73 Å². The highest BCUT2D eigenvalue weighted by atomic mass is 15.0. The molecule has 56 valence electrons. The molecule has 0 aliphatic carbocycles. The van der Waals surface area contributed by atoms with E-state index < -0.39 is 0 Å². The average molecular weight is 148 g/mol. The summed E-state index contributed by atoms with van der Waals surface area (Å²) in [6.07, 6.45) is 2.34. The van der Waals surface area contributed by atoms with E-state index in [9.17, 15) is 0 Å². The molecule has 1 aromatic heterocycles. The van der Waals surface area contributed by atoms with Crippen molar-refractivity contribution >= 4 is 5.95 Å². The van der Waals surface area contributed by atoms with E-state index in [0.717, 1.165) is 12.0 Å². The van der Waals surface area contributed by atoms with E-state index in [4.69, 9.17) is 11.0 Å². The van der Waals surface area contributed by atoms with Crippen LogP contribution in [0.5, 0.6) is 0 Å². The lowest BCUT2D eigenvalue weighted by Crippen LogP contribution is -2.00. The van der Waals surface area contributed by atoms with Gasteiger partial charge in [-0.1, -0.05) is 6.92 Å². The van der Waals surface area contributed by atoms with Gasteiger partial charge in [-0.25, -0.2) is 9.97 Å². The zero-order chi connectivity index (χ0) is 8.27. The Labute approximate surface area is 64.7 Å². The molecular formula is C7H8N4. The van der Waals surface area contributed by atoms with Crippen molar-refractivity contribution in [2.45, 2.75) is 13.3 Å². The fraction of sp³-hybridized carbons (Fsp3) is 0.286. The summed E-state index contributed by atoms with van der Waals surface area (Å²) in [6, 6.07) is 1.96. The maximum atomic E-state index is 8.58. The van der Waals surface area contributed by atoms with Crippen LogP contribution in [0, 0.1) is 11.3 Å². The summed E-state index contributed by atoms with van der Waals surface area (Å²) in [5.41, 5.74) is 6.49. The van der Waals surface area contributed by atoms with Gasteiger partial charge in [0.25, 0.3) is 0 Å². The van der Waals surface area contributed by atoms with Crippen molar-refractivity contribution < 1.29 is 0 Å². The molecule has 0 saturated heterocycles. The van der Waals surface area contributed by atoms with E-state index in [1.807, 2.05) is 13.0 Å².